The molecule has 16 heavy (non-hydrogen) atoms. The summed E-state index contributed by atoms with van der Waals surface area (Å²) in [5, 5.41) is 0. The van der Waals surface area contributed by atoms with Crippen molar-refractivity contribution in [3.05, 3.63) is 24.3 Å². The second kappa shape index (κ2) is 7.12. The number of likely N-dealkylation sites (N-methyl/N-ethyl adjacent to an activating group) is 1. The molecule has 0 heterocycles. The maximum absolute atomic E-state index is 5.66. The van der Waals surface area contributed by atoms with Gasteiger partial charge in [-0.2, -0.15) is 0 Å². The van der Waals surface area contributed by atoms with E-state index >= 15 is 0 Å². The van der Waals surface area contributed by atoms with E-state index < -0.39 is 0 Å². The van der Waals surface area contributed by atoms with Crippen molar-refractivity contribution in [2.24, 2.45) is 0 Å². The summed E-state index contributed by atoms with van der Waals surface area (Å²) in [6.07, 6.45) is 1.08. The fourth-order valence-corrected chi connectivity index (χ4v) is 1.58. The molecule has 0 unspecified atom stereocenters. The van der Waals surface area contributed by atoms with Crippen molar-refractivity contribution in [1.82, 2.24) is 0 Å². The van der Waals surface area contributed by atoms with Crippen LogP contribution in [-0.2, 0) is 4.74 Å². The van der Waals surface area contributed by atoms with E-state index in [-0.39, 0.29) is 0 Å². The highest BCUT2D eigenvalue weighted by Gasteiger charge is 2.03. The van der Waals surface area contributed by atoms with Gasteiger partial charge in [0.2, 0.25) is 0 Å². The molecule has 1 rings (SSSR count). The molecule has 0 saturated heterocycles. The van der Waals surface area contributed by atoms with Gasteiger partial charge in [-0.1, -0.05) is 6.92 Å². The summed E-state index contributed by atoms with van der Waals surface area (Å²) in [4.78, 5) is 2.29. The van der Waals surface area contributed by atoms with Gasteiger partial charge in [0.1, 0.15) is 0 Å². The van der Waals surface area contributed by atoms with E-state index in [1.807, 2.05) is 12.1 Å². The Morgan fingerprint density at radius 1 is 1.12 bits per heavy atom. The van der Waals surface area contributed by atoms with Crippen LogP contribution < -0.4 is 10.6 Å². The van der Waals surface area contributed by atoms with Crippen LogP contribution in [0.4, 0.5) is 11.4 Å². The molecule has 0 aliphatic carbocycles. The number of benzene rings is 1. The van der Waals surface area contributed by atoms with Crippen molar-refractivity contribution < 1.29 is 4.74 Å². The minimum atomic E-state index is 0.784. The molecule has 1 aromatic rings. The van der Waals surface area contributed by atoms with E-state index in [1.165, 1.54) is 5.69 Å². The van der Waals surface area contributed by atoms with Crippen LogP contribution in [0.5, 0.6) is 0 Å². The van der Waals surface area contributed by atoms with Crippen LogP contribution in [0.2, 0.25) is 0 Å². The number of hydrogen-bond acceptors (Lipinski definition) is 3. The van der Waals surface area contributed by atoms with Crippen molar-refractivity contribution in [2.75, 3.05) is 36.9 Å². The van der Waals surface area contributed by atoms with Crippen molar-refractivity contribution in [3.63, 3.8) is 0 Å². The summed E-state index contributed by atoms with van der Waals surface area (Å²) in [5.74, 6) is 0. The van der Waals surface area contributed by atoms with Gasteiger partial charge in [-0.05, 0) is 37.6 Å². The standard InChI is InChI=1S/C13H22N2O/c1-3-10-16-11-9-15(4-2)13-7-5-12(14)6-8-13/h5-8H,3-4,9-11,14H2,1-2H3. The lowest BCUT2D eigenvalue weighted by Crippen LogP contribution is -2.27. The summed E-state index contributed by atoms with van der Waals surface area (Å²) in [6, 6.07) is 7.98. The fourth-order valence-electron chi connectivity index (χ4n) is 1.58. The minimum absolute atomic E-state index is 0.784. The zero-order valence-electron chi connectivity index (χ0n) is 10.3. The van der Waals surface area contributed by atoms with Crippen LogP contribution in [-0.4, -0.2) is 26.3 Å². The molecule has 0 spiro atoms. The van der Waals surface area contributed by atoms with Gasteiger partial charge >= 0.3 is 0 Å². The maximum Gasteiger partial charge on any atom is 0.0641 e. The Labute approximate surface area is 98.2 Å². The first-order valence-corrected chi connectivity index (χ1v) is 5.96. The lowest BCUT2D eigenvalue weighted by molar-refractivity contribution is 0.141. The lowest BCUT2D eigenvalue weighted by Gasteiger charge is -2.23. The van der Waals surface area contributed by atoms with E-state index in [0.29, 0.717) is 0 Å². The summed E-state index contributed by atoms with van der Waals surface area (Å²) in [6.45, 7) is 7.82. The molecule has 0 aliphatic rings. The summed E-state index contributed by atoms with van der Waals surface area (Å²) in [7, 11) is 0. The quantitative estimate of drug-likeness (QED) is 0.569. The Bertz CT molecular complexity index is 284. The van der Waals surface area contributed by atoms with Gasteiger partial charge in [0.15, 0.2) is 0 Å². The predicted octanol–water partition coefficient (Wildman–Crippen LogP) is 2.52. The highest BCUT2D eigenvalue weighted by Crippen LogP contribution is 2.15. The van der Waals surface area contributed by atoms with Gasteiger partial charge in [-0.25, -0.2) is 0 Å². The number of hydrogen-bond donors (Lipinski definition) is 1. The smallest absolute Gasteiger partial charge is 0.0641 e. The molecular formula is C13H22N2O. The summed E-state index contributed by atoms with van der Waals surface area (Å²) < 4.78 is 5.49. The lowest BCUT2D eigenvalue weighted by atomic mass is 10.2. The Kier molecular flexibility index (Phi) is 5.72. The zero-order valence-corrected chi connectivity index (χ0v) is 10.3. The van der Waals surface area contributed by atoms with Crippen LogP contribution >= 0.6 is 0 Å². The number of nitrogen functional groups attached to an aromatic ring is 1. The van der Waals surface area contributed by atoms with Gasteiger partial charge in [-0.15, -0.1) is 0 Å². The molecule has 0 saturated carbocycles. The third kappa shape index (κ3) is 4.11. The van der Waals surface area contributed by atoms with Gasteiger partial charge in [0.05, 0.1) is 6.61 Å². The summed E-state index contributed by atoms with van der Waals surface area (Å²) in [5.41, 5.74) is 7.68. The van der Waals surface area contributed by atoms with Crippen molar-refractivity contribution in [3.8, 4) is 0 Å². The van der Waals surface area contributed by atoms with E-state index in [2.05, 4.69) is 30.9 Å². The normalized spacial score (nSPS) is 10.4. The molecule has 3 heteroatoms. The first-order valence-electron chi connectivity index (χ1n) is 5.96. The van der Waals surface area contributed by atoms with E-state index in [1.54, 1.807) is 0 Å². The molecule has 3 nitrogen and oxygen atoms in total. The molecule has 2 N–H and O–H groups in total. The van der Waals surface area contributed by atoms with Crippen molar-refractivity contribution in [1.29, 1.82) is 0 Å². The van der Waals surface area contributed by atoms with E-state index in [4.69, 9.17) is 10.5 Å². The average Bonchev–Trinajstić information content (AvgIpc) is 2.31. The maximum atomic E-state index is 5.66. The monoisotopic (exact) mass is 222 g/mol. The Morgan fingerprint density at radius 3 is 2.38 bits per heavy atom. The highest BCUT2D eigenvalue weighted by molar-refractivity contribution is 5.52. The first-order chi connectivity index (χ1) is 7.77. The first kappa shape index (κ1) is 12.8. The van der Waals surface area contributed by atoms with Crippen LogP contribution in [0.25, 0.3) is 0 Å². The molecule has 0 bridgehead atoms. The Hall–Kier alpha value is -1.22. The molecule has 0 aromatic heterocycles. The molecular weight excluding hydrogens is 200 g/mol. The molecule has 0 radical (unpaired) electrons. The van der Waals surface area contributed by atoms with Crippen LogP contribution in [0.15, 0.2) is 24.3 Å². The number of anilines is 2. The minimum Gasteiger partial charge on any atom is -0.399 e. The molecule has 90 valence electrons. The molecule has 1 aromatic carbocycles. The van der Waals surface area contributed by atoms with Gasteiger partial charge in [-0.3, -0.25) is 0 Å². The second-order valence-corrected chi connectivity index (χ2v) is 3.78. The average molecular weight is 222 g/mol. The SMILES string of the molecule is CCCOCCN(CC)c1ccc(N)cc1. The van der Waals surface area contributed by atoms with Crippen LogP contribution in [0, 0.1) is 0 Å². The number of ether oxygens (including phenoxy) is 1. The van der Waals surface area contributed by atoms with E-state index in [9.17, 15) is 0 Å². The summed E-state index contributed by atoms with van der Waals surface area (Å²) >= 11 is 0. The third-order valence-corrected chi connectivity index (χ3v) is 2.49. The molecule has 0 atom stereocenters. The molecule has 0 amide bonds. The topological polar surface area (TPSA) is 38.5 Å². The predicted molar refractivity (Wildman–Crippen MR) is 69.9 cm³/mol. The van der Waals surface area contributed by atoms with E-state index in [0.717, 1.165) is 38.4 Å². The second-order valence-electron chi connectivity index (χ2n) is 3.78. The van der Waals surface area contributed by atoms with Crippen molar-refractivity contribution >= 4 is 11.4 Å². The van der Waals surface area contributed by atoms with Crippen LogP contribution in [0.1, 0.15) is 20.3 Å². The van der Waals surface area contributed by atoms with Gasteiger partial charge < -0.3 is 15.4 Å². The van der Waals surface area contributed by atoms with Crippen molar-refractivity contribution in [2.45, 2.75) is 20.3 Å². The molecule has 0 aliphatic heterocycles. The van der Waals surface area contributed by atoms with Crippen LogP contribution in [0.3, 0.4) is 0 Å². The van der Waals surface area contributed by atoms with Gasteiger partial charge in [0.25, 0.3) is 0 Å². The number of nitrogens with zero attached hydrogens (tertiary/aromatic N) is 1. The molecule has 0 fully saturated rings. The van der Waals surface area contributed by atoms with Gasteiger partial charge in [0, 0.05) is 31.1 Å². The zero-order chi connectivity index (χ0) is 11.8. The third-order valence-electron chi connectivity index (χ3n) is 2.49. The Morgan fingerprint density at radius 2 is 1.81 bits per heavy atom. The largest absolute Gasteiger partial charge is 0.399 e. The fraction of sp³-hybridized carbons (Fsp3) is 0.538. The number of rotatable bonds is 7. The highest BCUT2D eigenvalue weighted by atomic mass is 16.5. The number of nitrogens with two attached hydrogens (primary N) is 1. The Balaban J connectivity index is 2.44.